The second-order valence-corrected chi connectivity index (χ2v) is 5.47. The minimum absolute atomic E-state index is 0.223. The van der Waals surface area contributed by atoms with Crippen LogP contribution in [-0.2, 0) is 6.54 Å². The molecule has 1 saturated carbocycles. The zero-order valence-corrected chi connectivity index (χ0v) is 12.2. The summed E-state index contributed by atoms with van der Waals surface area (Å²) >= 11 is 3.47. The highest BCUT2D eigenvalue weighted by molar-refractivity contribution is 9.09. The molecule has 1 aromatic carbocycles. The van der Waals surface area contributed by atoms with Gasteiger partial charge in [-0.3, -0.25) is 4.90 Å². The van der Waals surface area contributed by atoms with E-state index >= 15 is 0 Å². The number of methoxy groups -OCH3 is 1. The molecule has 0 radical (unpaired) electrons. The molecular weight excluding hydrogens is 297 g/mol. The summed E-state index contributed by atoms with van der Waals surface area (Å²) in [6.45, 7) is 1.63. The van der Waals surface area contributed by atoms with Gasteiger partial charge in [-0.25, -0.2) is 4.39 Å². The average Bonchev–Trinajstić information content (AvgIpc) is 2.30. The van der Waals surface area contributed by atoms with Crippen molar-refractivity contribution in [1.82, 2.24) is 4.90 Å². The average molecular weight is 316 g/mol. The Labute approximate surface area is 116 Å². The molecule has 0 unspecified atom stereocenters. The van der Waals surface area contributed by atoms with Gasteiger partial charge >= 0.3 is 0 Å². The number of hydrogen-bond acceptors (Lipinski definition) is 2. The molecule has 1 aliphatic carbocycles. The molecule has 0 N–H and O–H groups in total. The molecule has 4 heteroatoms. The minimum Gasteiger partial charge on any atom is -0.494 e. The monoisotopic (exact) mass is 315 g/mol. The molecule has 1 fully saturated rings. The Morgan fingerprint density at radius 3 is 2.78 bits per heavy atom. The van der Waals surface area contributed by atoms with Gasteiger partial charge in [-0.2, -0.15) is 0 Å². The lowest BCUT2D eigenvalue weighted by Crippen LogP contribution is -2.40. The topological polar surface area (TPSA) is 12.5 Å². The highest BCUT2D eigenvalue weighted by Gasteiger charge is 2.25. The molecule has 0 atom stereocenters. The van der Waals surface area contributed by atoms with E-state index in [-0.39, 0.29) is 5.82 Å². The summed E-state index contributed by atoms with van der Waals surface area (Å²) in [7, 11) is 1.50. The SMILES string of the molecule is COc1cccc(CN(CCBr)C2CCC2)c1F. The van der Waals surface area contributed by atoms with Gasteiger partial charge in [0.25, 0.3) is 0 Å². The first-order chi connectivity index (χ1) is 8.76. The molecular formula is C14H19BrFNO. The highest BCUT2D eigenvalue weighted by atomic mass is 79.9. The van der Waals surface area contributed by atoms with E-state index in [4.69, 9.17) is 4.74 Å². The zero-order chi connectivity index (χ0) is 13.0. The fourth-order valence-electron chi connectivity index (χ4n) is 2.31. The summed E-state index contributed by atoms with van der Waals surface area (Å²) < 4.78 is 19.1. The summed E-state index contributed by atoms with van der Waals surface area (Å²) in [5.41, 5.74) is 0.724. The van der Waals surface area contributed by atoms with Crippen LogP contribution < -0.4 is 4.74 Å². The first-order valence-electron chi connectivity index (χ1n) is 6.37. The van der Waals surface area contributed by atoms with Gasteiger partial charge in [0.05, 0.1) is 7.11 Å². The van der Waals surface area contributed by atoms with Crippen molar-refractivity contribution in [2.75, 3.05) is 19.0 Å². The van der Waals surface area contributed by atoms with Crippen LogP contribution in [0.15, 0.2) is 18.2 Å². The summed E-state index contributed by atoms with van der Waals surface area (Å²) in [5, 5.41) is 0.926. The van der Waals surface area contributed by atoms with Crippen molar-refractivity contribution >= 4 is 15.9 Å². The molecule has 0 amide bonds. The Morgan fingerprint density at radius 2 is 2.22 bits per heavy atom. The van der Waals surface area contributed by atoms with E-state index in [0.717, 1.165) is 17.4 Å². The summed E-state index contributed by atoms with van der Waals surface area (Å²) in [6.07, 6.45) is 3.77. The van der Waals surface area contributed by atoms with Crippen LogP contribution in [-0.4, -0.2) is 29.9 Å². The second-order valence-electron chi connectivity index (χ2n) is 4.68. The Hall–Kier alpha value is -0.610. The number of nitrogens with zero attached hydrogens (tertiary/aromatic N) is 1. The number of halogens is 2. The van der Waals surface area contributed by atoms with Gasteiger partial charge in [-0.05, 0) is 18.9 Å². The normalized spacial score (nSPS) is 15.8. The first kappa shape index (κ1) is 13.8. The van der Waals surface area contributed by atoms with Gasteiger partial charge in [0.15, 0.2) is 11.6 Å². The van der Waals surface area contributed by atoms with Crippen LogP contribution >= 0.6 is 15.9 Å². The molecule has 0 spiro atoms. The quantitative estimate of drug-likeness (QED) is 0.744. The van der Waals surface area contributed by atoms with E-state index in [1.807, 2.05) is 12.1 Å². The van der Waals surface area contributed by atoms with Crippen LogP contribution in [0.3, 0.4) is 0 Å². The van der Waals surface area contributed by atoms with Gasteiger partial charge in [0.2, 0.25) is 0 Å². The van der Waals surface area contributed by atoms with Gasteiger partial charge in [0, 0.05) is 30.0 Å². The van der Waals surface area contributed by atoms with Crippen LogP contribution in [0, 0.1) is 5.82 Å². The predicted molar refractivity (Wildman–Crippen MR) is 74.8 cm³/mol. The van der Waals surface area contributed by atoms with Crippen molar-refractivity contribution in [1.29, 1.82) is 0 Å². The third-order valence-electron chi connectivity index (χ3n) is 3.60. The Kier molecular flexibility index (Phi) is 5.01. The summed E-state index contributed by atoms with van der Waals surface area (Å²) in [5.74, 6) is 0.110. The Balaban J connectivity index is 2.10. The molecule has 18 heavy (non-hydrogen) atoms. The van der Waals surface area contributed by atoms with E-state index in [1.165, 1.54) is 26.4 Å². The Bertz CT molecular complexity index is 395. The third-order valence-corrected chi connectivity index (χ3v) is 3.95. The highest BCUT2D eigenvalue weighted by Crippen LogP contribution is 2.28. The van der Waals surface area contributed by atoms with Crippen molar-refractivity contribution in [3.05, 3.63) is 29.6 Å². The molecule has 2 rings (SSSR count). The number of hydrogen-bond donors (Lipinski definition) is 0. The minimum atomic E-state index is -0.223. The standard InChI is InChI=1S/C14H19BrFNO/c1-18-13-7-2-4-11(14(13)16)10-17(9-8-15)12-5-3-6-12/h2,4,7,12H,3,5-6,8-10H2,1H3. The smallest absolute Gasteiger partial charge is 0.169 e. The van der Waals surface area contributed by atoms with Crippen molar-refractivity contribution in [2.24, 2.45) is 0 Å². The molecule has 1 aliphatic rings. The van der Waals surface area contributed by atoms with Crippen LogP contribution in [0.4, 0.5) is 4.39 Å². The third kappa shape index (κ3) is 3.04. The first-order valence-corrected chi connectivity index (χ1v) is 7.49. The maximum absolute atomic E-state index is 14.1. The number of rotatable bonds is 6. The van der Waals surface area contributed by atoms with Gasteiger partial charge in [0.1, 0.15) is 0 Å². The number of ether oxygens (including phenoxy) is 1. The maximum Gasteiger partial charge on any atom is 0.169 e. The molecule has 0 heterocycles. The van der Waals surface area contributed by atoms with E-state index in [2.05, 4.69) is 20.8 Å². The fraction of sp³-hybridized carbons (Fsp3) is 0.571. The Morgan fingerprint density at radius 1 is 1.44 bits per heavy atom. The van der Waals surface area contributed by atoms with E-state index in [9.17, 15) is 4.39 Å². The maximum atomic E-state index is 14.1. The van der Waals surface area contributed by atoms with E-state index in [1.54, 1.807) is 6.07 Å². The lowest BCUT2D eigenvalue weighted by molar-refractivity contribution is 0.126. The van der Waals surface area contributed by atoms with E-state index in [0.29, 0.717) is 18.3 Å². The summed E-state index contributed by atoms with van der Waals surface area (Å²) in [4.78, 5) is 2.36. The lowest BCUT2D eigenvalue weighted by atomic mass is 9.91. The molecule has 0 aliphatic heterocycles. The largest absolute Gasteiger partial charge is 0.494 e. The van der Waals surface area contributed by atoms with Crippen molar-refractivity contribution in [2.45, 2.75) is 31.8 Å². The zero-order valence-electron chi connectivity index (χ0n) is 10.7. The van der Waals surface area contributed by atoms with Gasteiger partial charge in [-0.1, -0.05) is 34.5 Å². The summed E-state index contributed by atoms with van der Waals surface area (Å²) in [6, 6.07) is 5.98. The second kappa shape index (κ2) is 6.53. The van der Waals surface area contributed by atoms with E-state index < -0.39 is 0 Å². The van der Waals surface area contributed by atoms with Gasteiger partial charge < -0.3 is 4.74 Å². The fourth-order valence-corrected chi connectivity index (χ4v) is 2.76. The van der Waals surface area contributed by atoms with Crippen molar-refractivity contribution < 1.29 is 9.13 Å². The molecule has 0 saturated heterocycles. The molecule has 1 aromatic rings. The number of benzene rings is 1. The number of alkyl halides is 1. The molecule has 2 nitrogen and oxygen atoms in total. The molecule has 0 aromatic heterocycles. The lowest BCUT2D eigenvalue weighted by Gasteiger charge is -2.37. The molecule has 100 valence electrons. The van der Waals surface area contributed by atoms with Crippen molar-refractivity contribution in [3.8, 4) is 5.75 Å². The predicted octanol–water partition coefficient (Wildman–Crippen LogP) is 3.58. The van der Waals surface area contributed by atoms with Crippen LogP contribution in [0.1, 0.15) is 24.8 Å². The van der Waals surface area contributed by atoms with Crippen LogP contribution in [0.25, 0.3) is 0 Å². The van der Waals surface area contributed by atoms with Crippen molar-refractivity contribution in [3.63, 3.8) is 0 Å². The van der Waals surface area contributed by atoms with Gasteiger partial charge in [-0.15, -0.1) is 0 Å². The van der Waals surface area contributed by atoms with Crippen LogP contribution in [0.2, 0.25) is 0 Å². The molecule has 0 bridgehead atoms. The van der Waals surface area contributed by atoms with Crippen LogP contribution in [0.5, 0.6) is 5.75 Å².